The number of nitrogens with zero attached hydrogens (tertiary/aromatic N) is 2. The molecule has 0 aromatic carbocycles. The lowest BCUT2D eigenvalue weighted by atomic mass is 9.76. The third kappa shape index (κ3) is 2.07. The van der Waals surface area contributed by atoms with Crippen LogP contribution in [0.25, 0.3) is 0 Å². The van der Waals surface area contributed by atoms with Crippen LogP contribution in [0.5, 0.6) is 0 Å². The summed E-state index contributed by atoms with van der Waals surface area (Å²) in [6, 6.07) is 0. The summed E-state index contributed by atoms with van der Waals surface area (Å²) in [7, 11) is 0. The first kappa shape index (κ1) is 11.8. The van der Waals surface area contributed by atoms with E-state index in [1.807, 2.05) is 0 Å². The zero-order valence-electron chi connectivity index (χ0n) is 10.2. The average molecular weight is 264 g/mol. The number of rotatable bonds is 2. The van der Waals surface area contributed by atoms with Crippen molar-refractivity contribution in [3.63, 3.8) is 0 Å². The van der Waals surface area contributed by atoms with Gasteiger partial charge in [0.05, 0.1) is 12.1 Å². The average Bonchev–Trinajstić information content (AvgIpc) is 2.96. The monoisotopic (exact) mass is 264 g/mol. The second kappa shape index (κ2) is 4.46. The summed E-state index contributed by atoms with van der Waals surface area (Å²) in [5, 5.41) is 0. The Labute approximate surface area is 110 Å². The number of thiazole rings is 1. The van der Waals surface area contributed by atoms with Gasteiger partial charge in [-0.25, -0.2) is 0 Å². The van der Waals surface area contributed by atoms with Crippen molar-refractivity contribution in [2.24, 2.45) is 5.41 Å². The Morgan fingerprint density at radius 1 is 1.22 bits per heavy atom. The molecule has 3 rings (SSSR count). The van der Waals surface area contributed by atoms with Gasteiger partial charge in [-0.15, -0.1) is 11.3 Å². The lowest BCUT2D eigenvalue weighted by molar-refractivity contribution is -0.154. The number of piperidine rings is 1. The van der Waals surface area contributed by atoms with Crippen molar-refractivity contribution in [2.75, 3.05) is 0 Å². The summed E-state index contributed by atoms with van der Waals surface area (Å²) in [5.41, 5.74) is 1.73. The van der Waals surface area contributed by atoms with Crippen molar-refractivity contribution in [1.82, 2.24) is 9.88 Å². The maximum atomic E-state index is 12.2. The van der Waals surface area contributed by atoms with Gasteiger partial charge in [0.1, 0.15) is 0 Å². The van der Waals surface area contributed by atoms with Gasteiger partial charge >= 0.3 is 0 Å². The molecule has 96 valence electrons. The summed E-state index contributed by atoms with van der Waals surface area (Å²) < 4.78 is 0. The van der Waals surface area contributed by atoms with Gasteiger partial charge in [-0.3, -0.25) is 19.5 Å². The van der Waals surface area contributed by atoms with Gasteiger partial charge in [0, 0.05) is 23.9 Å². The quantitative estimate of drug-likeness (QED) is 0.770. The third-order valence-electron chi connectivity index (χ3n) is 4.12. The van der Waals surface area contributed by atoms with Crippen molar-refractivity contribution in [2.45, 2.75) is 45.1 Å². The highest BCUT2D eigenvalue weighted by atomic mass is 32.1. The predicted octanol–water partition coefficient (Wildman–Crippen LogP) is 2.35. The zero-order chi connectivity index (χ0) is 12.6. The van der Waals surface area contributed by atoms with Crippen molar-refractivity contribution >= 4 is 23.2 Å². The Hall–Kier alpha value is -1.23. The maximum absolute atomic E-state index is 12.2. The van der Waals surface area contributed by atoms with E-state index in [2.05, 4.69) is 4.98 Å². The summed E-state index contributed by atoms with van der Waals surface area (Å²) in [6.07, 6.45) is 7.24. The molecule has 0 radical (unpaired) electrons. The fourth-order valence-electron chi connectivity index (χ4n) is 3.16. The first-order chi connectivity index (χ1) is 8.69. The minimum Gasteiger partial charge on any atom is -0.277 e. The highest BCUT2D eigenvalue weighted by Crippen LogP contribution is 2.47. The lowest BCUT2D eigenvalue weighted by Crippen LogP contribution is -2.46. The number of hydrogen-bond donors (Lipinski definition) is 0. The van der Waals surface area contributed by atoms with Crippen LogP contribution in [0.4, 0.5) is 0 Å². The predicted molar refractivity (Wildman–Crippen MR) is 67.8 cm³/mol. The minimum absolute atomic E-state index is 0.00144. The molecule has 1 spiro atoms. The summed E-state index contributed by atoms with van der Waals surface area (Å²) >= 11 is 1.49. The van der Waals surface area contributed by atoms with E-state index in [4.69, 9.17) is 0 Å². The van der Waals surface area contributed by atoms with E-state index in [1.165, 1.54) is 16.2 Å². The SMILES string of the molecule is O=C1CC2(CCCC2)CC(=O)N1Cc1cncs1. The van der Waals surface area contributed by atoms with E-state index in [0.717, 1.165) is 30.6 Å². The first-order valence-corrected chi connectivity index (χ1v) is 7.27. The van der Waals surface area contributed by atoms with Crippen molar-refractivity contribution in [1.29, 1.82) is 0 Å². The third-order valence-corrected chi connectivity index (χ3v) is 4.88. The van der Waals surface area contributed by atoms with Crippen LogP contribution in [-0.2, 0) is 16.1 Å². The van der Waals surface area contributed by atoms with E-state index in [9.17, 15) is 9.59 Å². The molecule has 4 nitrogen and oxygen atoms in total. The molecule has 2 aliphatic rings. The Morgan fingerprint density at radius 3 is 2.44 bits per heavy atom. The van der Waals surface area contributed by atoms with Crippen LogP contribution in [-0.4, -0.2) is 21.7 Å². The number of likely N-dealkylation sites (tertiary alicyclic amines) is 1. The Kier molecular flexibility index (Phi) is 2.93. The van der Waals surface area contributed by atoms with Gasteiger partial charge in [0.15, 0.2) is 0 Å². The fraction of sp³-hybridized carbons (Fsp3) is 0.615. The molecular formula is C13H16N2O2S. The second-order valence-electron chi connectivity index (χ2n) is 5.40. The summed E-state index contributed by atoms with van der Waals surface area (Å²) in [6.45, 7) is 0.401. The standard InChI is InChI=1S/C13H16N2O2S/c16-11-5-13(3-1-2-4-13)6-12(17)15(11)8-10-7-14-9-18-10/h7,9H,1-6,8H2. The maximum Gasteiger partial charge on any atom is 0.230 e. The molecule has 1 saturated heterocycles. The number of amides is 2. The molecule has 2 amide bonds. The molecule has 5 heteroatoms. The summed E-state index contributed by atoms with van der Waals surface area (Å²) in [5.74, 6) is 0.00287. The van der Waals surface area contributed by atoms with Crippen LogP contribution in [0.2, 0.25) is 0 Å². The van der Waals surface area contributed by atoms with Gasteiger partial charge in [0.2, 0.25) is 11.8 Å². The lowest BCUT2D eigenvalue weighted by Gasteiger charge is -2.37. The molecule has 1 aliphatic carbocycles. The van der Waals surface area contributed by atoms with E-state index in [-0.39, 0.29) is 17.2 Å². The topological polar surface area (TPSA) is 50.3 Å². The van der Waals surface area contributed by atoms with E-state index < -0.39 is 0 Å². The highest BCUT2D eigenvalue weighted by molar-refractivity contribution is 7.09. The molecule has 18 heavy (non-hydrogen) atoms. The molecule has 1 aromatic heterocycles. The summed E-state index contributed by atoms with van der Waals surface area (Å²) in [4.78, 5) is 30.7. The van der Waals surface area contributed by atoms with E-state index >= 15 is 0 Å². The molecule has 1 saturated carbocycles. The molecule has 0 bridgehead atoms. The molecule has 1 aliphatic heterocycles. The smallest absolute Gasteiger partial charge is 0.230 e. The Morgan fingerprint density at radius 2 is 1.89 bits per heavy atom. The Bertz CT molecular complexity index is 443. The molecule has 0 N–H and O–H groups in total. The van der Waals surface area contributed by atoms with Gasteiger partial charge in [-0.1, -0.05) is 12.8 Å². The Balaban J connectivity index is 1.74. The van der Waals surface area contributed by atoms with Crippen LogP contribution in [0.1, 0.15) is 43.4 Å². The number of hydrogen-bond acceptors (Lipinski definition) is 4. The van der Waals surface area contributed by atoms with Gasteiger partial charge in [0.25, 0.3) is 0 Å². The normalized spacial score (nSPS) is 23.0. The van der Waals surface area contributed by atoms with E-state index in [0.29, 0.717) is 19.4 Å². The van der Waals surface area contributed by atoms with Crippen LogP contribution in [0, 0.1) is 5.41 Å². The van der Waals surface area contributed by atoms with Crippen LogP contribution < -0.4 is 0 Å². The first-order valence-electron chi connectivity index (χ1n) is 6.39. The van der Waals surface area contributed by atoms with Crippen LogP contribution >= 0.6 is 11.3 Å². The molecular weight excluding hydrogens is 248 g/mol. The molecule has 0 atom stereocenters. The van der Waals surface area contributed by atoms with Gasteiger partial charge in [-0.2, -0.15) is 0 Å². The van der Waals surface area contributed by atoms with Gasteiger partial charge < -0.3 is 0 Å². The molecule has 2 fully saturated rings. The van der Waals surface area contributed by atoms with E-state index in [1.54, 1.807) is 11.7 Å². The number of carbonyl (C=O) groups excluding carboxylic acids is 2. The largest absolute Gasteiger partial charge is 0.277 e. The molecule has 1 aromatic rings. The number of aromatic nitrogens is 1. The zero-order valence-corrected chi connectivity index (χ0v) is 11.0. The van der Waals surface area contributed by atoms with Crippen molar-refractivity contribution in [3.8, 4) is 0 Å². The second-order valence-corrected chi connectivity index (χ2v) is 6.37. The highest BCUT2D eigenvalue weighted by Gasteiger charge is 2.44. The fourth-order valence-corrected chi connectivity index (χ4v) is 3.75. The molecule has 2 heterocycles. The minimum atomic E-state index is -0.00162. The van der Waals surface area contributed by atoms with Crippen LogP contribution in [0.3, 0.4) is 0 Å². The number of carbonyl (C=O) groups is 2. The van der Waals surface area contributed by atoms with Gasteiger partial charge in [-0.05, 0) is 18.3 Å². The van der Waals surface area contributed by atoms with Crippen molar-refractivity contribution in [3.05, 3.63) is 16.6 Å². The van der Waals surface area contributed by atoms with Crippen molar-refractivity contribution < 1.29 is 9.59 Å². The number of imide groups is 1. The molecule has 0 unspecified atom stereocenters. The van der Waals surface area contributed by atoms with Crippen LogP contribution in [0.15, 0.2) is 11.7 Å².